The highest BCUT2D eigenvalue weighted by Crippen LogP contribution is 2.08. The number of aromatic nitrogens is 3. The predicted molar refractivity (Wildman–Crippen MR) is 81.8 cm³/mol. The zero-order valence-corrected chi connectivity index (χ0v) is 11.8. The Morgan fingerprint density at radius 3 is 2.81 bits per heavy atom. The van der Waals surface area contributed by atoms with Crippen molar-refractivity contribution in [3.05, 3.63) is 70.5 Å². The normalized spacial score (nSPS) is 11.1. The van der Waals surface area contributed by atoms with Gasteiger partial charge in [-0.1, -0.05) is 18.2 Å². The second kappa shape index (κ2) is 5.85. The molecule has 0 radical (unpaired) electrons. The monoisotopic (exact) mass is 280 g/mol. The van der Waals surface area contributed by atoms with Gasteiger partial charge in [0, 0.05) is 18.9 Å². The molecule has 5 nitrogen and oxygen atoms in total. The molecule has 1 aromatic carbocycles. The van der Waals surface area contributed by atoms with Gasteiger partial charge in [-0.15, -0.1) is 0 Å². The smallest absolute Gasteiger partial charge is 0.258 e. The maximum atomic E-state index is 12.0. The molecule has 0 fully saturated rings. The van der Waals surface area contributed by atoms with Crippen LogP contribution in [-0.4, -0.2) is 26.9 Å². The van der Waals surface area contributed by atoms with Crippen LogP contribution in [0.25, 0.3) is 10.9 Å². The number of pyridine rings is 1. The minimum Gasteiger partial charge on any atom is -0.309 e. The summed E-state index contributed by atoms with van der Waals surface area (Å²) in [6, 6.07) is 11.3. The molecule has 21 heavy (non-hydrogen) atoms. The largest absolute Gasteiger partial charge is 0.309 e. The number of benzene rings is 1. The van der Waals surface area contributed by atoms with Gasteiger partial charge in [-0.05, 0) is 30.8 Å². The Morgan fingerprint density at radius 2 is 2.00 bits per heavy atom. The average Bonchev–Trinajstić information content (AvgIpc) is 2.48. The molecule has 0 spiro atoms. The van der Waals surface area contributed by atoms with E-state index in [1.807, 2.05) is 43.6 Å². The van der Waals surface area contributed by atoms with E-state index in [2.05, 4.69) is 19.9 Å². The van der Waals surface area contributed by atoms with Crippen LogP contribution in [0.2, 0.25) is 0 Å². The third kappa shape index (κ3) is 3.14. The highest BCUT2D eigenvalue weighted by Gasteiger charge is 2.06. The molecule has 2 aromatic heterocycles. The van der Waals surface area contributed by atoms with Crippen LogP contribution in [0.3, 0.4) is 0 Å². The minimum absolute atomic E-state index is 0.0922. The summed E-state index contributed by atoms with van der Waals surface area (Å²) in [5, 5.41) is 0.621. The van der Waals surface area contributed by atoms with Gasteiger partial charge >= 0.3 is 0 Å². The number of fused-ring (bicyclic) bond motifs is 1. The summed E-state index contributed by atoms with van der Waals surface area (Å²) in [5.41, 5.74) is 1.76. The molecule has 1 N–H and O–H groups in total. The lowest BCUT2D eigenvalue weighted by atomic mass is 10.2. The molecule has 0 unspecified atom stereocenters. The second-order valence-corrected chi connectivity index (χ2v) is 5.06. The van der Waals surface area contributed by atoms with Crippen LogP contribution >= 0.6 is 0 Å². The van der Waals surface area contributed by atoms with Crippen LogP contribution < -0.4 is 5.56 Å². The van der Waals surface area contributed by atoms with Crippen LogP contribution in [-0.2, 0) is 13.1 Å². The van der Waals surface area contributed by atoms with Crippen molar-refractivity contribution >= 4 is 10.9 Å². The quantitative estimate of drug-likeness (QED) is 0.793. The summed E-state index contributed by atoms with van der Waals surface area (Å²) in [6.07, 6.45) is 3.60. The molecule has 0 saturated heterocycles. The first-order valence-electron chi connectivity index (χ1n) is 6.78. The molecule has 2 heterocycles. The van der Waals surface area contributed by atoms with E-state index < -0.39 is 0 Å². The van der Waals surface area contributed by atoms with Gasteiger partial charge in [0.1, 0.15) is 5.82 Å². The van der Waals surface area contributed by atoms with Crippen molar-refractivity contribution in [1.29, 1.82) is 0 Å². The van der Waals surface area contributed by atoms with Crippen molar-refractivity contribution in [1.82, 2.24) is 19.9 Å². The summed E-state index contributed by atoms with van der Waals surface area (Å²) in [6.45, 7) is 1.33. The highest BCUT2D eigenvalue weighted by molar-refractivity contribution is 5.77. The predicted octanol–water partition coefficient (Wildman–Crippen LogP) is 1.95. The third-order valence-electron chi connectivity index (χ3n) is 3.26. The lowest BCUT2D eigenvalue weighted by Gasteiger charge is -2.15. The third-order valence-corrected chi connectivity index (χ3v) is 3.26. The zero-order valence-electron chi connectivity index (χ0n) is 11.8. The SMILES string of the molecule is CN(Cc1cccnc1)Cc1nc2ccccc2c(=O)[nH]1. The van der Waals surface area contributed by atoms with Gasteiger partial charge < -0.3 is 4.98 Å². The summed E-state index contributed by atoms with van der Waals surface area (Å²) in [5.74, 6) is 0.671. The van der Waals surface area contributed by atoms with Crippen molar-refractivity contribution in [2.45, 2.75) is 13.1 Å². The molecule has 0 saturated carbocycles. The number of rotatable bonds is 4. The Morgan fingerprint density at radius 1 is 1.14 bits per heavy atom. The van der Waals surface area contributed by atoms with E-state index in [4.69, 9.17) is 0 Å². The fourth-order valence-electron chi connectivity index (χ4n) is 2.32. The van der Waals surface area contributed by atoms with Gasteiger partial charge in [0.05, 0.1) is 17.4 Å². The van der Waals surface area contributed by atoms with E-state index in [0.717, 1.165) is 17.6 Å². The number of hydrogen-bond acceptors (Lipinski definition) is 4. The van der Waals surface area contributed by atoms with Gasteiger partial charge in [-0.25, -0.2) is 4.98 Å². The van der Waals surface area contributed by atoms with E-state index in [-0.39, 0.29) is 5.56 Å². The molecule has 3 rings (SSSR count). The molecule has 0 atom stereocenters. The first kappa shape index (κ1) is 13.5. The number of nitrogens with one attached hydrogen (secondary N) is 1. The van der Waals surface area contributed by atoms with E-state index in [1.54, 1.807) is 12.3 Å². The molecule has 0 bridgehead atoms. The fourth-order valence-corrected chi connectivity index (χ4v) is 2.32. The number of hydrogen-bond donors (Lipinski definition) is 1. The van der Waals surface area contributed by atoms with Gasteiger partial charge in [0.25, 0.3) is 5.56 Å². The molecule has 0 aliphatic carbocycles. The molecule has 106 valence electrons. The minimum atomic E-state index is -0.0922. The summed E-state index contributed by atoms with van der Waals surface area (Å²) in [7, 11) is 1.99. The first-order valence-corrected chi connectivity index (χ1v) is 6.78. The molecule has 5 heteroatoms. The number of para-hydroxylation sites is 1. The van der Waals surface area contributed by atoms with Crippen LogP contribution in [0.5, 0.6) is 0 Å². The van der Waals surface area contributed by atoms with Crippen molar-refractivity contribution in [3.63, 3.8) is 0 Å². The van der Waals surface area contributed by atoms with Crippen molar-refractivity contribution in [3.8, 4) is 0 Å². The van der Waals surface area contributed by atoms with Crippen molar-refractivity contribution in [2.24, 2.45) is 0 Å². The maximum absolute atomic E-state index is 12.0. The maximum Gasteiger partial charge on any atom is 0.258 e. The standard InChI is InChI=1S/C16H16N4O/c1-20(10-12-5-4-8-17-9-12)11-15-18-14-7-3-2-6-13(14)16(21)19-15/h2-9H,10-11H2,1H3,(H,18,19,21). The Kier molecular flexibility index (Phi) is 3.75. The lowest BCUT2D eigenvalue weighted by molar-refractivity contribution is 0.310. The molecular formula is C16H16N4O. The number of aromatic amines is 1. The first-order chi connectivity index (χ1) is 10.2. The molecule has 0 amide bonds. The number of nitrogens with zero attached hydrogens (tertiary/aromatic N) is 3. The molecule has 0 aliphatic heterocycles. The van der Waals surface area contributed by atoms with Crippen LogP contribution in [0, 0.1) is 0 Å². The summed E-state index contributed by atoms with van der Waals surface area (Å²) >= 11 is 0. The van der Waals surface area contributed by atoms with Gasteiger partial charge in [0.2, 0.25) is 0 Å². The van der Waals surface area contributed by atoms with E-state index >= 15 is 0 Å². The summed E-state index contributed by atoms with van der Waals surface area (Å²) < 4.78 is 0. The van der Waals surface area contributed by atoms with Crippen LogP contribution in [0.1, 0.15) is 11.4 Å². The Balaban J connectivity index is 1.80. The van der Waals surface area contributed by atoms with Gasteiger partial charge in [-0.2, -0.15) is 0 Å². The van der Waals surface area contributed by atoms with E-state index in [0.29, 0.717) is 17.8 Å². The Bertz CT molecular complexity index is 798. The lowest BCUT2D eigenvalue weighted by Crippen LogP contribution is -2.21. The van der Waals surface area contributed by atoms with Crippen molar-refractivity contribution in [2.75, 3.05) is 7.05 Å². The highest BCUT2D eigenvalue weighted by atomic mass is 16.1. The van der Waals surface area contributed by atoms with Gasteiger partial charge in [-0.3, -0.25) is 14.7 Å². The topological polar surface area (TPSA) is 61.9 Å². The number of H-pyrrole nitrogens is 1. The van der Waals surface area contributed by atoms with E-state index in [9.17, 15) is 4.79 Å². The summed E-state index contributed by atoms with van der Waals surface area (Å²) in [4.78, 5) is 25.6. The van der Waals surface area contributed by atoms with Gasteiger partial charge in [0.15, 0.2) is 0 Å². The second-order valence-electron chi connectivity index (χ2n) is 5.06. The zero-order chi connectivity index (χ0) is 14.7. The van der Waals surface area contributed by atoms with Crippen LogP contribution in [0.15, 0.2) is 53.6 Å². The Labute approximate surface area is 122 Å². The Hall–Kier alpha value is -2.53. The molecule has 0 aliphatic rings. The average molecular weight is 280 g/mol. The van der Waals surface area contributed by atoms with E-state index in [1.165, 1.54) is 0 Å². The van der Waals surface area contributed by atoms with Crippen molar-refractivity contribution < 1.29 is 0 Å². The van der Waals surface area contributed by atoms with Crippen LogP contribution in [0.4, 0.5) is 0 Å². The molecule has 3 aromatic rings. The molecular weight excluding hydrogens is 264 g/mol. The fraction of sp³-hybridized carbons (Fsp3) is 0.188.